The summed E-state index contributed by atoms with van der Waals surface area (Å²) in [6.45, 7) is 8.68. The molecule has 0 aliphatic carbocycles. The maximum Gasteiger partial charge on any atom is 0.231 e. The van der Waals surface area contributed by atoms with Crippen molar-refractivity contribution in [3.63, 3.8) is 0 Å². The van der Waals surface area contributed by atoms with E-state index in [-0.39, 0.29) is 24.3 Å². The van der Waals surface area contributed by atoms with Crippen LogP contribution in [0.2, 0.25) is 0 Å². The molecule has 1 aromatic rings. The highest BCUT2D eigenvalue weighted by molar-refractivity contribution is 5.79. The highest BCUT2D eigenvalue weighted by Gasteiger charge is 2.31. The zero-order chi connectivity index (χ0) is 18.7. The molecule has 3 rings (SSSR count). The molecule has 0 spiro atoms. The van der Waals surface area contributed by atoms with Crippen molar-refractivity contribution < 1.29 is 9.59 Å². The molecule has 2 aliphatic heterocycles. The topological polar surface area (TPSA) is 95.7 Å². The molecule has 0 saturated carbocycles. The Balaban J connectivity index is 1.50. The first-order valence-corrected chi connectivity index (χ1v) is 9.29. The van der Waals surface area contributed by atoms with Gasteiger partial charge in [-0.25, -0.2) is 9.97 Å². The maximum atomic E-state index is 12.8. The second-order valence-corrected chi connectivity index (χ2v) is 7.28. The van der Waals surface area contributed by atoms with Gasteiger partial charge in [-0.3, -0.25) is 14.5 Å². The van der Waals surface area contributed by atoms with Crippen LogP contribution < -0.4 is 10.6 Å². The van der Waals surface area contributed by atoms with E-state index < -0.39 is 0 Å². The van der Waals surface area contributed by atoms with E-state index in [1.54, 1.807) is 0 Å². The van der Waals surface area contributed by atoms with Crippen molar-refractivity contribution >= 4 is 17.8 Å². The lowest BCUT2D eigenvalue weighted by Crippen LogP contribution is -2.52. The van der Waals surface area contributed by atoms with E-state index in [0.29, 0.717) is 13.1 Å². The average molecular weight is 360 g/mol. The van der Waals surface area contributed by atoms with Crippen molar-refractivity contribution in [2.75, 3.05) is 50.7 Å². The zero-order valence-electron chi connectivity index (χ0n) is 15.6. The van der Waals surface area contributed by atoms with Crippen LogP contribution in [0.15, 0.2) is 6.07 Å². The van der Waals surface area contributed by atoms with Gasteiger partial charge in [0.2, 0.25) is 17.8 Å². The van der Waals surface area contributed by atoms with Crippen molar-refractivity contribution in [1.29, 1.82) is 0 Å². The van der Waals surface area contributed by atoms with Crippen LogP contribution >= 0.6 is 0 Å². The molecule has 2 aliphatic rings. The SMILES string of the molecule is Cc1cc(C)nc(N2CCN(C(=O)C3CCN(CC(N)=O)CC3)CC2)n1. The van der Waals surface area contributed by atoms with Gasteiger partial charge in [-0.1, -0.05) is 0 Å². The Morgan fingerprint density at radius 2 is 1.62 bits per heavy atom. The Kier molecular flexibility index (Phi) is 5.70. The zero-order valence-corrected chi connectivity index (χ0v) is 15.6. The van der Waals surface area contributed by atoms with E-state index in [9.17, 15) is 9.59 Å². The molecule has 0 bridgehead atoms. The lowest BCUT2D eigenvalue weighted by atomic mass is 9.95. The van der Waals surface area contributed by atoms with E-state index in [0.717, 1.165) is 56.4 Å². The molecular formula is C18H28N6O2. The van der Waals surface area contributed by atoms with Gasteiger partial charge in [0.25, 0.3) is 0 Å². The largest absolute Gasteiger partial charge is 0.369 e. The Morgan fingerprint density at radius 1 is 1.04 bits per heavy atom. The Morgan fingerprint density at radius 3 is 2.15 bits per heavy atom. The standard InChI is InChI=1S/C18H28N6O2/c1-13-11-14(2)21-18(20-13)24-9-7-23(8-10-24)17(26)15-3-5-22(6-4-15)12-16(19)25/h11,15H,3-10,12H2,1-2H3,(H2,19,25). The van der Waals surface area contributed by atoms with E-state index in [4.69, 9.17) is 5.73 Å². The molecule has 2 N–H and O–H groups in total. The summed E-state index contributed by atoms with van der Waals surface area (Å²) in [4.78, 5) is 39.0. The summed E-state index contributed by atoms with van der Waals surface area (Å²) in [7, 11) is 0. The molecule has 2 amide bonds. The van der Waals surface area contributed by atoms with Gasteiger partial charge in [0.05, 0.1) is 6.54 Å². The van der Waals surface area contributed by atoms with Crippen molar-refractivity contribution in [3.05, 3.63) is 17.5 Å². The van der Waals surface area contributed by atoms with E-state index >= 15 is 0 Å². The monoisotopic (exact) mass is 360 g/mol. The van der Waals surface area contributed by atoms with Crippen LogP contribution in [-0.2, 0) is 9.59 Å². The predicted octanol–water partition coefficient (Wildman–Crippen LogP) is -0.0607. The first kappa shape index (κ1) is 18.6. The minimum absolute atomic E-state index is 0.0585. The third-order valence-corrected chi connectivity index (χ3v) is 5.16. The summed E-state index contributed by atoms with van der Waals surface area (Å²) in [6.07, 6.45) is 1.60. The number of primary amides is 1. The molecule has 0 unspecified atom stereocenters. The fourth-order valence-corrected chi connectivity index (χ4v) is 3.79. The van der Waals surface area contributed by atoms with Gasteiger partial charge in [-0.15, -0.1) is 0 Å². The maximum absolute atomic E-state index is 12.8. The summed E-state index contributed by atoms with van der Waals surface area (Å²) in [5.41, 5.74) is 7.18. The lowest BCUT2D eigenvalue weighted by Gasteiger charge is -2.38. The number of nitrogens with two attached hydrogens (primary N) is 1. The number of hydrogen-bond donors (Lipinski definition) is 1. The Hall–Kier alpha value is -2.22. The Labute approximate surface area is 154 Å². The van der Waals surface area contributed by atoms with E-state index in [2.05, 4.69) is 14.9 Å². The number of nitrogens with zero attached hydrogens (tertiary/aromatic N) is 5. The number of anilines is 1. The first-order valence-electron chi connectivity index (χ1n) is 9.29. The van der Waals surface area contributed by atoms with Crippen LogP contribution in [0, 0.1) is 19.8 Å². The van der Waals surface area contributed by atoms with Crippen molar-refractivity contribution in [1.82, 2.24) is 19.8 Å². The van der Waals surface area contributed by atoms with Gasteiger partial charge >= 0.3 is 0 Å². The minimum Gasteiger partial charge on any atom is -0.369 e. The second kappa shape index (κ2) is 7.99. The van der Waals surface area contributed by atoms with Crippen molar-refractivity contribution in [2.45, 2.75) is 26.7 Å². The van der Waals surface area contributed by atoms with Gasteiger partial charge in [-0.2, -0.15) is 0 Å². The number of aryl methyl sites for hydroxylation is 2. The van der Waals surface area contributed by atoms with Crippen LogP contribution in [0.25, 0.3) is 0 Å². The molecule has 1 aromatic heterocycles. The summed E-state index contributed by atoms with van der Waals surface area (Å²) < 4.78 is 0. The number of aromatic nitrogens is 2. The quantitative estimate of drug-likeness (QED) is 0.808. The van der Waals surface area contributed by atoms with E-state index in [1.165, 1.54) is 0 Å². The second-order valence-electron chi connectivity index (χ2n) is 7.28. The number of piperazine rings is 1. The van der Waals surface area contributed by atoms with E-state index in [1.807, 2.05) is 29.7 Å². The lowest BCUT2D eigenvalue weighted by molar-refractivity contribution is -0.137. The normalized spacial score (nSPS) is 19.6. The van der Waals surface area contributed by atoms with Crippen molar-refractivity contribution in [2.24, 2.45) is 11.7 Å². The molecule has 8 nitrogen and oxygen atoms in total. The summed E-state index contributed by atoms with van der Waals surface area (Å²) in [6, 6.07) is 1.97. The van der Waals surface area contributed by atoms with Crippen LogP contribution in [0.4, 0.5) is 5.95 Å². The van der Waals surface area contributed by atoms with Crippen LogP contribution in [-0.4, -0.2) is 77.4 Å². The molecule has 0 atom stereocenters. The minimum atomic E-state index is -0.306. The number of carbonyl (C=O) groups is 2. The van der Waals surface area contributed by atoms with Crippen LogP contribution in [0.3, 0.4) is 0 Å². The molecule has 0 radical (unpaired) electrons. The molecule has 26 heavy (non-hydrogen) atoms. The van der Waals surface area contributed by atoms with Gasteiger partial charge in [-0.05, 0) is 45.8 Å². The first-order chi connectivity index (χ1) is 12.4. The number of piperidine rings is 1. The van der Waals surface area contributed by atoms with Gasteiger partial charge in [0, 0.05) is 43.5 Å². The molecule has 3 heterocycles. The van der Waals surface area contributed by atoms with Crippen LogP contribution in [0.1, 0.15) is 24.2 Å². The molecule has 0 aromatic carbocycles. The number of rotatable bonds is 4. The molecular weight excluding hydrogens is 332 g/mol. The molecule has 142 valence electrons. The fraction of sp³-hybridized carbons (Fsp3) is 0.667. The highest BCUT2D eigenvalue weighted by Crippen LogP contribution is 2.21. The summed E-state index contributed by atoms with van der Waals surface area (Å²) in [5.74, 6) is 0.752. The summed E-state index contributed by atoms with van der Waals surface area (Å²) in [5, 5.41) is 0. The number of likely N-dealkylation sites (tertiary alicyclic amines) is 1. The molecule has 2 saturated heterocycles. The predicted molar refractivity (Wildman–Crippen MR) is 98.7 cm³/mol. The molecule has 8 heteroatoms. The third-order valence-electron chi connectivity index (χ3n) is 5.16. The van der Waals surface area contributed by atoms with Crippen LogP contribution in [0.5, 0.6) is 0 Å². The highest BCUT2D eigenvalue weighted by atomic mass is 16.2. The van der Waals surface area contributed by atoms with Gasteiger partial charge in [0.1, 0.15) is 0 Å². The number of carbonyl (C=O) groups excluding carboxylic acids is 2. The Bertz CT molecular complexity index is 643. The number of amides is 2. The van der Waals surface area contributed by atoms with Crippen molar-refractivity contribution in [3.8, 4) is 0 Å². The average Bonchev–Trinajstić information content (AvgIpc) is 2.60. The smallest absolute Gasteiger partial charge is 0.231 e. The summed E-state index contributed by atoms with van der Waals surface area (Å²) >= 11 is 0. The third kappa shape index (κ3) is 4.49. The van der Waals surface area contributed by atoms with Gasteiger partial charge in [0.15, 0.2) is 0 Å². The molecule has 2 fully saturated rings. The fourth-order valence-electron chi connectivity index (χ4n) is 3.79. The number of hydrogen-bond acceptors (Lipinski definition) is 6. The van der Waals surface area contributed by atoms with Gasteiger partial charge < -0.3 is 15.5 Å².